The van der Waals surface area contributed by atoms with Gasteiger partial charge in [0.05, 0.1) is 0 Å². The van der Waals surface area contributed by atoms with Crippen LogP contribution >= 0.6 is 0 Å². The smallest absolute Gasteiger partial charge is 0.225 e. The van der Waals surface area contributed by atoms with Crippen molar-refractivity contribution in [2.24, 2.45) is 5.92 Å². The summed E-state index contributed by atoms with van der Waals surface area (Å²) in [5, 5.41) is 0. The Hall–Kier alpha value is -0.570. The van der Waals surface area contributed by atoms with Crippen LogP contribution in [0.5, 0.6) is 0 Å². The van der Waals surface area contributed by atoms with E-state index in [1.165, 1.54) is 0 Å². The molecule has 0 aromatic heterocycles. The van der Waals surface area contributed by atoms with Gasteiger partial charge in [-0.25, -0.2) is 0 Å². The molecule has 0 bridgehead atoms. The number of amides is 1. The molecule has 13 heavy (non-hydrogen) atoms. The van der Waals surface area contributed by atoms with Crippen LogP contribution in [0, 0.1) is 5.92 Å². The van der Waals surface area contributed by atoms with Crippen LogP contribution < -0.4 is 0 Å². The minimum atomic E-state index is 0.140. The van der Waals surface area contributed by atoms with Gasteiger partial charge in [0, 0.05) is 25.0 Å². The van der Waals surface area contributed by atoms with Crippen LogP contribution in [-0.4, -0.2) is 48.9 Å². The molecule has 1 unspecified atom stereocenters. The monoisotopic (exact) mass is 184 g/mol. The molecule has 1 fully saturated rings. The third-order valence-corrected chi connectivity index (χ3v) is 2.70. The third-order valence-electron chi connectivity index (χ3n) is 2.70. The minimum absolute atomic E-state index is 0.140. The molecular formula is C10H20N2O. The van der Waals surface area contributed by atoms with Gasteiger partial charge < -0.3 is 9.80 Å². The number of carbonyl (C=O) groups excluding carboxylic acids is 1. The highest BCUT2D eigenvalue weighted by atomic mass is 16.2. The Bertz CT molecular complexity index is 189. The van der Waals surface area contributed by atoms with Crippen molar-refractivity contribution in [3.8, 4) is 0 Å². The van der Waals surface area contributed by atoms with Gasteiger partial charge in [0.25, 0.3) is 0 Å². The summed E-state index contributed by atoms with van der Waals surface area (Å²) in [6.07, 6.45) is 1.12. The van der Waals surface area contributed by atoms with Gasteiger partial charge in [-0.05, 0) is 20.5 Å². The zero-order valence-corrected chi connectivity index (χ0v) is 9.08. The van der Waals surface area contributed by atoms with Crippen molar-refractivity contribution in [2.75, 3.05) is 27.2 Å². The number of rotatable bonds is 2. The van der Waals surface area contributed by atoms with Crippen molar-refractivity contribution >= 4 is 5.91 Å². The largest absolute Gasteiger partial charge is 0.341 e. The molecule has 3 nitrogen and oxygen atoms in total. The Kier molecular flexibility index (Phi) is 3.31. The predicted octanol–water partition coefficient (Wildman–Crippen LogP) is 0.805. The molecule has 76 valence electrons. The van der Waals surface area contributed by atoms with Crippen molar-refractivity contribution < 1.29 is 4.79 Å². The Morgan fingerprint density at radius 2 is 2.08 bits per heavy atom. The zero-order valence-electron chi connectivity index (χ0n) is 9.08. The van der Waals surface area contributed by atoms with Crippen LogP contribution in [0.3, 0.4) is 0 Å². The van der Waals surface area contributed by atoms with E-state index in [2.05, 4.69) is 19.0 Å². The molecule has 1 aliphatic rings. The van der Waals surface area contributed by atoms with Crippen LogP contribution in [0.25, 0.3) is 0 Å². The van der Waals surface area contributed by atoms with E-state index in [-0.39, 0.29) is 5.92 Å². The molecule has 0 radical (unpaired) electrons. The molecular weight excluding hydrogens is 164 g/mol. The molecule has 0 saturated carbocycles. The number of hydrogen-bond donors (Lipinski definition) is 0. The number of likely N-dealkylation sites (N-methyl/N-ethyl adjacent to an activating group) is 1. The molecule has 1 aliphatic heterocycles. The van der Waals surface area contributed by atoms with E-state index in [1.54, 1.807) is 0 Å². The summed E-state index contributed by atoms with van der Waals surface area (Å²) < 4.78 is 0. The quantitative estimate of drug-likeness (QED) is 0.634. The van der Waals surface area contributed by atoms with Crippen molar-refractivity contribution in [2.45, 2.75) is 26.3 Å². The van der Waals surface area contributed by atoms with E-state index in [0.717, 1.165) is 19.5 Å². The van der Waals surface area contributed by atoms with E-state index in [1.807, 2.05) is 18.7 Å². The molecule has 0 N–H and O–H groups in total. The van der Waals surface area contributed by atoms with E-state index in [4.69, 9.17) is 0 Å². The summed E-state index contributed by atoms with van der Waals surface area (Å²) in [5.41, 5.74) is 0. The fraction of sp³-hybridized carbons (Fsp3) is 0.900. The van der Waals surface area contributed by atoms with Gasteiger partial charge in [-0.3, -0.25) is 4.79 Å². The lowest BCUT2D eigenvalue weighted by atomic mass is 10.2. The normalized spacial score (nSPS) is 23.2. The SMILES string of the molecule is CC(C)C(=O)N1CCC(N(C)C)C1. The summed E-state index contributed by atoms with van der Waals surface area (Å²) in [7, 11) is 4.15. The minimum Gasteiger partial charge on any atom is -0.341 e. The molecule has 1 atom stereocenters. The van der Waals surface area contributed by atoms with E-state index >= 15 is 0 Å². The first-order valence-corrected chi connectivity index (χ1v) is 4.97. The highest BCUT2D eigenvalue weighted by Crippen LogP contribution is 2.15. The fourth-order valence-electron chi connectivity index (χ4n) is 1.73. The van der Waals surface area contributed by atoms with Gasteiger partial charge in [-0.1, -0.05) is 13.8 Å². The molecule has 1 saturated heterocycles. The summed E-state index contributed by atoms with van der Waals surface area (Å²) in [4.78, 5) is 15.8. The molecule has 0 aromatic carbocycles. The standard InChI is InChI=1S/C10H20N2O/c1-8(2)10(13)12-6-5-9(7-12)11(3)4/h8-9H,5-7H2,1-4H3. The van der Waals surface area contributed by atoms with Crippen molar-refractivity contribution in [3.63, 3.8) is 0 Å². The first-order valence-electron chi connectivity index (χ1n) is 4.97. The molecule has 1 amide bonds. The predicted molar refractivity (Wildman–Crippen MR) is 53.5 cm³/mol. The summed E-state index contributed by atoms with van der Waals surface area (Å²) in [6.45, 7) is 5.76. The summed E-state index contributed by atoms with van der Waals surface area (Å²) in [6, 6.07) is 0.558. The Morgan fingerprint density at radius 1 is 1.46 bits per heavy atom. The molecule has 0 aliphatic carbocycles. The number of carbonyl (C=O) groups is 1. The summed E-state index contributed by atoms with van der Waals surface area (Å²) in [5.74, 6) is 0.435. The van der Waals surface area contributed by atoms with Crippen molar-refractivity contribution in [1.29, 1.82) is 0 Å². The lowest BCUT2D eigenvalue weighted by Crippen LogP contribution is -2.36. The van der Waals surface area contributed by atoms with Gasteiger partial charge in [0.2, 0.25) is 5.91 Å². The van der Waals surface area contributed by atoms with Gasteiger partial charge in [-0.2, -0.15) is 0 Å². The van der Waals surface area contributed by atoms with Crippen LogP contribution in [0.15, 0.2) is 0 Å². The topological polar surface area (TPSA) is 23.6 Å². The molecule has 3 heteroatoms. The Morgan fingerprint density at radius 3 is 2.46 bits per heavy atom. The number of likely N-dealkylation sites (tertiary alicyclic amines) is 1. The van der Waals surface area contributed by atoms with Crippen LogP contribution in [0.1, 0.15) is 20.3 Å². The van der Waals surface area contributed by atoms with Gasteiger partial charge >= 0.3 is 0 Å². The first kappa shape index (κ1) is 10.5. The molecule has 1 heterocycles. The van der Waals surface area contributed by atoms with Gasteiger partial charge in [0.1, 0.15) is 0 Å². The first-order chi connectivity index (χ1) is 6.02. The Balaban J connectivity index is 2.45. The lowest BCUT2D eigenvalue weighted by molar-refractivity contribution is -0.133. The number of hydrogen-bond acceptors (Lipinski definition) is 2. The second-order valence-corrected chi connectivity index (χ2v) is 4.35. The van der Waals surface area contributed by atoms with E-state index in [9.17, 15) is 4.79 Å². The van der Waals surface area contributed by atoms with Crippen LogP contribution in [0.4, 0.5) is 0 Å². The van der Waals surface area contributed by atoms with Gasteiger partial charge in [-0.15, -0.1) is 0 Å². The fourth-order valence-corrected chi connectivity index (χ4v) is 1.73. The molecule has 1 rings (SSSR count). The lowest BCUT2D eigenvalue weighted by Gasteiger charge is -2.21. The van der Waals surface area contributed by atoms with Crippen molar-refractivity contribution in [1.82, 2.24) is 9.80 Å². The zero-order chi connectivity index (χ0) is 10.0. The van der Waals surface area contributed by atoms with E-state index < -0.39 is 0 Å². The molecule has 0 spiro atoms. The molecule has 0 aromatic rings. The van der Waals surface area contributed by atoms with Crippen molar-refractivity contribution in [3.05, 3.63) is 0 Å². The maximum absolute atomic E-state index is 11.6. The van der Waals surface area contributed by atoms with Crippen LogP contribution in [0.2, 0.25) is 0 Å². The Labute approximate surface area is 80.7 Å². The van der Waals surface area contributed by atoms with E-state index in [0.29, 0.717) is 11.9 Å². The third kappa shape index (κ3) is 2.44. The average Bonchev–Trinajstić information content (AvgIpc) is 2.50. The average molecular weight is 184 g/mol. The maximum Gasteiger partial charge on any atom is 0.225 e. The second-order valence-electron chi connectivity index (χ2n) is 4.35. The second kappa shape index (κ2) is 4.09. The van der Waals surface area contributed by atoms with Crippen LogP contribution in [-0.2, 0) is 4.79 Å². The summed E-state index contributed by atoms with van der Waals surface area (Å²) >= 11 is 0. The van der Waals surface area contributed by atoms with Gasteiger partial charge in [0.15, 0.2) is 0 Å². The highest BCUT2D eigenvalue weighted by Gasteiger charge is 2.28. The maximum atomic E-state index is 11.6. The number of nitrogens with zero attached hydrogens (tertiary/aromatic N) is 2. The highest BCUT2D eigenvalue weighted by molar-refractivity contribution is 5.78.